The molecule has 2 aromatic carbocycles. The number of carbonyl (C=O) groups is 2. The van der Waals surface area contributed by atoms with Crippen LogP contribution in [-0.2, 0) is 16.0 Å². The molecule has 1 aromatic heterocycles. The number of halogens is 2. The molecule has 1 fully saturated rings. The van der Waals surface area contributed by atoms with Gasteiger partial charge in [0.05, 0.1) is 15.6 Å². The molecule has 4 rings (SSSR count). The Labute approximate surface area is 188 Å². The molecule has 0 spiro atoms. The highest BCUT2D eigenvalue weighted by atomic mass is 35.5. The third kappa shape index (κ3) is 3.54. The second-order valence-electron chi connectivity index (χ2n) is 6.83. The van der Waals surface area contributed by atoms with Crippen LogP contribution in [-0.4, -0.2) is 16.8 Å². The number of aliphatic hydroxyl groups excluding tert-OH is 1. The lowest BCUT2D eigenvalue weighted by molar-refractivity contribution is -0.132. The monoisotopic (exact) mass is 457 g/mol. The Hall–Kier alpha value is -2.60. The van der Waals surface area contributed by atoms with Crippen LogP contribution in [0.2, 0.25) is 10.0 Å². The third-order valence-electron chi connectivity index (χ3n) is 5.07. The van der Waals surface area contributed by atoms with Gasteiger partial charge in [-0.3, -0.25) is 14.5 Å². The zero-order valence-electron chi connectivity index (χ0n) is 15.9. The molecular formula is C23H17Cl2NO3S. The normalized spacial score (nSPS) is 18.2. The molecule has 7 heteroatoms. The van der Waals surface area contributed by atoms with Crippen molar-refractivity contribution in [1.82, 2.24) is 0 Å². The van der Waals surface area contributed by atoms with Gasteiger partial charge < -0.3 is 5.11 Å². The molecule has 1 aliphatic rings. The zero-order valence-corrected chi connectivity index (χ0v) is 18.3. The summed E-state index contributed by atoms with van der Waals surface area (Å²) in [5, 5.41) is 13.5. The van der Waals surface area contributed by atoms with Gasteiger partial charge in [-0.15, -0.1) is 11.3 Å². The molecule has 3 aromatic rings. The summed E-state index contributed by atoms with van der Waals surface area (Å²) in [6.07, 6.45) is 0.866. The average Bonchev–Trinajstić information content (AvgIpc) is 3.37. The Morgan fingerprint density at radius 2 is 1.80 bits per heavy atom. The van der Waals surface area contributed by atoms with Crippen molar-refractivity contribution in [2.75, 3.05) is 4.90 Å². The summed E-state index contributed by atoms with van der Waals surface area (Å²) in [4.78, 5) is 28.3. The van der Waals surface area contributed by atoms with Crippen LogP contribution in [0.5, 0.6) is 0 Å². The maximum Gasteiger partial charge on any atom is 0.300 e. The number of anilines is 1. The number of nitrogens with zero attached hydrogens (tertiary/aromatic N) is 1. The van der Waals surface area contributed by atoms with Crippen LogP contribution in [0.15, 0.2) is 65.6 Å². The number of ketones is 1. The summed E-state index contributed by atoms with van der Waals surface area (Å²) in [5.41, 5.74) is 2.07. The van der Waals surface area contributed by atoms with Crippen molar-refractivity contribution < 1.29 is 14.7 Å². The zero-order chi connectivity index (χ0) is 21.4. The SMILES string of the molecule is CCc1ccc(N2C(=O)C(=O)/C(=C(\O)c3ccc(Cl)c(Cl)c3)C2c2cccs2)cc1. The maximum absolute atomic E-state index is 13.0. The number of aliphatic hydroxyl groups is 1. The number of rotatable bonds is 4. The van der Waals surface area contributed by atoms with E-state index >= 15 is 0 Å². The van der Waals surface area contributed by atoms with Crippen LogP contribution in [0.25, 0.3) is 5.76 Å². The minimum absolute atomic E-state index is 0.0282. The molecule has 2 heterocycles. The van der Waals surface area contributed by atoms with Gasteiger partial charge in [0, 0.05) is 16.1 Å². The summed E-state index contributed by atoms with van der Waals surface area (Å²) in [6, 6.07) is 15.1. The Morgan fingerprint density at radius 1 is 1.07 bits per heavy atom. The molecule has 1 aliphatic heterocycles. The van der Waals surface area contributed by atoms with Crippen LogP contribution in [0.1, 0.15) is 29.0 Å². The van der Waals surface area contributed by atoms with Crippen molar-refractivity contribution in [2.24, 2.45) is 0 Å². The van der Waals surface area contributed by atoms with Gasteiger partial charge in [-0.1, -0.05) is 48.3 Å². The lowest BCUT2D eigenvalue weighted by atomic mass is 9.99. The standard InChI is InChI=1S/C23H17Cl2NO3S/c1-2-13-5-8-15(9-6-13)26-20(18-4-3-11-30-18)19(22(28)23(26)29)21(27)14-7-10-16(24)17(25)12-14/h3-12,20,27H,2H2,1H3/b21-19-. The van der Waals surface area contributed by atoms with Crippen molar-refractivity contribution >= 4 is 57.7 Å². The Balaban J connectivity index is 1.90. The predicted octanol–water partition coefficient (Wildman–Crippen LogP) is 6.24. The Morgan fingerprint density at radius 3 is 2.40 bits per heavy atom. The van der Waals surface area contributed by atoms with E-state index in [1.54, 1.807) is 12.1 Å². The van der Waals surface area contributed by atoms with Crippen LogP contribution in [0, 0.1) is 0 Å². The van der Waals surface area contributed by atoms with E-state index in [0.29, 0.717) is 16.3 Å². The molecule has 0 radical (unpaired) electrons. The molecule has 1 unspecified atom stereocenters. The van der Waals surface area contributed by atoms with Crippen LogP contribution >= 0.6 is 34.5 Å². The quantitative estimate of drug-likeness (QED) is 0.286. The first-order valence-electron chi connectivity index (χ1n) is 9.31. The fourth-order valence-corrected chi connectivity index (χ4v) is 4.63. The maximum atomic E-state index is 13.0. The highest BCUT2D eigenvalue weighted by Gasteiger charge is 2.47. The topological polar surface area (TPSA) is 57.6 Å². The van der Waals surface area contributed by atoms with E-state index in [4.69, 9.17) is 23.2 Å². The van der Waals surface area contributed by atoms with E-state index in [-0.39, 0.29) is 16.4 Å². The van der Waals surface area contributed by atoms with Crippen LogP contribution in [0.3, 0.4) is 0 Å². The molecule has 0 saturated carbocycles. The summed E-state index contributed by atoms with van der Waals surface area (Å²) in [6.45, 7) is 2.05. The molecular weight excluding hydrogens is 441 g/mol. The van der Waals surface area contributed by atoms with Crippen molar-refractivity contribution in [1.29, 1.82) is 0 Å². The van der Waals surface area contributed by atoms with Gasteiger partial charge in [-0.05, 0) is 53.8 Å². The second-order valence-corrected chi connectivity index (χ2v) is 8.63. The fraction of sp³-hybridized carbons (Fsp3) is 0.130. The molecule has 4 nitrogen and oxygen atoms in total. The Bertz CT molecular complexity index is 1150. The fourth-order valence-electron chi connectivity index (χ4n) is 3.51. The van der Waals surface area contributed by atoms with Crippen molar-refractivity contribution in [3.63, 3.8) is 0 Å². The van der Waals surface area contributed by atoms with Gasteiger partial charge in [0.2, 0.25) is 0 Å². The highest BCUT2D eigenvalue weighted by molar-refractivity contribution is 7.10. The number of benzene rings is 2. The number of carbonyl (C=O) groups excluding carboxylic acids is 2. The minimum atomic E-state index is -0.739. The lowest BCUT2D eigenvalue weighted by Crippen LogP contribution is -2.29. The van der Waals surface area contributed by atoms with E-state index in [1.807, 2.05) is 48.7 Å². The number of thiophene rings is 1. The van der Waals surface area contributed by atoms with E-state index in [0.717, 1.165) is 16.9 Å². The first-order chi connectivity index (χ1) is 14.4. The van der Waals surface area contributed by atoms with Gasteiger partial charge in [0.1, 0.15) is 11.8 Å². The summed E-state index contributed by atoms with van der Waals surface area (Å²) in [5.74, 6) is -1.70. The Kier molecular flexibility index (Phi) is 5.69. The van der Waals surface area contributed by atoms with E-state index in [9.17, 15) is 14.7 Å². The molecule has 1 atom stereocenters. The lowest BCUT2D eigenvalue weighted by Gasteiger charge is -2.24. The van der Waals surface area contributed by atoms with E-state index < -0.39 is 17.7 Å². The summed E-state index contributed by atoms with van der Waals surface area (Å²) in [7, 11) is 0. The van der Waals surface area contributed by atoms with Gasteiger partial charge >= 0.3 is 0 Å². The molecule has 1 amide bonds. The van der Waals surface area contributed by atoms with Crippen LogP contribution < -0.4 is 4.90 Å². The molecule has 152 valence electrons. The molecule has 30 heavy (non-hydrogen) atoms. The van der Waals surface area contributed by atoms with Gasteiger partial charge in [-0.25, -0.2) is 0 Å². The molecule has 0 bridgehead atoms. The number of amides is 1. The number of Topliss-reactive ketones (excluding diaryl/α,β-unsaturated/α-hetero) is 1. The second kappa shape index (κ2) is 8.26. The smallest absolute Gasteiger partial charge is 0.300 e. The van der Waals surface area contributed by atoms with Crippen molar-refractivity contribution in [2.45, 2.75) is 19.4 Å². The highest BCUT2D eigenvalue weighted by Crippen LogP contribution is 2.43. The summed E-state index contributed by atoms with van der Waals surface area (Å²) >= 11 is 13.5. The number of aryl methyl sites for hydroxylation is 1. The van der Waals surface area contributed by atoms with Crippen LogP contribution in [0.4, 0.5) is 5.69 Å². The predicted molar refractivity (Wildman–Crippen MR) is 121 cm³/mol. The number of hydrogen-bond acceptors (Lipinski definition) is 4. The first-order valence-corrected chi connectivity index (χ1v) is 10.9. The minimum Gasteiger partial charge on any atom is -0.507 e. The third-order valence-corrected chi connectivity index (χ3v) is 6.74. The van der Waals surface area contributed by atoms with E-state index in [1.165, 1.54) is 22.3 Å². The van der Waals surface area contributed by atoms with Crippen molar-refractivity contribution in [3.8, 4) is 0 Å². The van der Waals surface area contributed by atoms with Gasteiger partial charge in [0.15, 0.2) is 0 Å². The van der Waals surface area contributed by atoms with E-state index in [2.05, 4.69) is 0 Å². The molecule has 1 N–H and O–H groups in total. The number of hydrogen-bond donors (Lipinski definition) is 1. The van der Waals surface area contributed by atoms with Gasteiger partial charge in [0.25, 0.3) is 11.7 Å². The summed E-state index contributed by atoms with van der Waals surface area (Å²) < 4.78 is 0. The molecule has 0 aliphatic carbocycles. The molecule has 1 saturated heterocycles. The van der Waals surface area contributed by atoms with Crippen molar-refractivity contribution in [3.05, 3.63) is 91.6 Å². The largest absolute Gasteiger partial charge is 0.507 e. The van der Waals surface area contributed by atoms with Gasteiger partial charge in [-0.2, -0.15) is 0 Å². The first kappa shape index (κ1) is 20.7. The average molecular weight is 458 g/mol.